The second-order valence-electron chi connectivity index (χ2n) is 3.84. The molecule has 6 heteroatoms. The molecule has 0 N–H and O–H groups in total. The minimum atomic E-state index is -0.244. The fraction of sp³-hybridized carbons (Fsp3) is 0.308. The van der Waals surface area contributed by atoms with Crippen LogP contribution in [0.4, 0.5) is 0 Å². The highest BCUT2D eigenvalue weighted by molar-refractivity contribution is 5.68. The molecule has 0 aliphatic rings. The van der Waals surface area contributed by atoms with Gasteiger partial charge in [0.25, 0.3) is 0 Å². The molecule has 19 heavy (non-hydrogen) atoms. The SMILES string of the molecule is COC(=O)CCCOc1ncn(-c2ccccc2)n1. The van der Waals surface area contributed by atoms with E-state index < -0.39 is 0 Å². The van der Waals surface area contributed by atoms with Gasteiger partial charge in [0.05, 0.1) is 19.4 Å². The fourth-order valence-electron chi connectivity index (χ4n) is 1.50. The van der Waals surface area contributed by atoms with E-state index in [0.29, 0.717) is 25.5 Å². The first-order valence-electron chi connectivity index (χ1n) is 5.96. The molecule has 0 bridgehead atoms. The summed E-state index contributed by atoms with van der Waals surface area (Å²) in [5, 5.41) is 4.18. The van der Waals surface area contributed by atoms with Crippen LogP contribution in [0.25, 0.3) is 5.69 Å². The maximum Gasteiger partial charge on any atom is 0.335 e. The lowest BCUT2D eigenvalue weighted by Crippen LogP contribution is -2.05. The summed E-state index contributed by atoms with van der Waals surface area (Å²) in [4.78, 5) is 14.9. The van der Waals surface area contributed by atoms with Crippen molar-refractivity contribution in [1.29, 1.82) is 0 Å². The Kier molecular flexibility index (Phi) is 4.49. The summed E-state index contributed by atoms with van der Waals surface area (Å²) in [5.41, 5.74) is 0.916. The number of nitrogens with zero attached hydrogens (tertiary/aromatic N) is 3. The minimum absolute atomic E-state index is 0.244. The number of aromatic nitrogens is 3. The zero-order chi connectivity index (χ0) is 13.5. The third-order valence-corrected chi connectivity index (χ3v) is 2.48. The minimum Gasteiger partial charge on any atom is -0.469 e. The zero-order valence-corrected chi connectivity index (χ0v) is 10.7. The molecule has 1 aromatic heterocycles. The van der Waals surface area contributed by atoms with Crippen molar-refractivity contribution in [2.45, 2.75) is 12.8 Å². The van der Waals surface area contributed by atoms with E-state index in [0.717, 1.165) is 5.69 Å². The molecule has 1 heterocycles. The van der Waals surface area contributed by atoms with Gasteiger partial charge in [0.1, 0.15) is 6.33 Å². The predicted octanol–water partition coefficient (Wildman–Crippen LogP) is 1.60. The normalized spacial score (nSPS) is 10.2. The van der Waals surface area contributed by atoms with Crippen LogP contribution in [0.1, 0.15) is 12.8 Å². The number of esters is 1. The average molecular weight is 261 g/mol. The summed E-state index contributed by atoms with van der Waals surface area (Å²) in [6, 6.07) is 9.94. The van der Waals surface area contributed by atoms with Crippen LogP contribution in [0.15, 0.2) is 36.7 Å². The Morgan fingerprint density at radius 1 is 1.32 bits per heavy atom. The lowest BCUT2D eigenvalue weighted by Gasteiger charge is -2.01. The summed E-state index contributed by atoms with van der Waals surface area (Å²) in [6.45, 7) is 0.383. The van der Waals surface area contributed by atoms with Crippen molar-refractivity contribution in [3.63, 3.8) is 0 Å². The van der Waals surface area contributed by atoms with E-state index in [2.05, 4.69) is 14.8 Å². The van der Waals surface area contributed by atoms with Crippen molar-refractivity contribution in [3.8, 4) is 11.7 Å². The Morgan fingerprint density at radius 2 is 2.11 bits per heavy atom. The predicted molar refractivity (Wildman–Crippen MR) is 68.1 cm³/mol. The molecular weight excluding hydrogens is 246 g/mol. The van der Waals surface area contributed by atoms with Crippen LogP contribution >= 0.6 is 0 Å². The van der Waals surface area contributed by atoms with E-state index in [1.54, 1.807) is 11.0 Å². The summed E-state index contributed by atoms with van der Waals surface area (Å²) in [6.07, 6.45) is 2.49. The molecule has 0 fully saturated rings. The molecule has 2 aromatic rings. The standard InChI is InChI=1S/C13H15N3O3/c1-18-12(17)8-5-9-19-13-14-10-16(15-13)11-6-3-2-4-7-11/h2-4,6-7,10H,5,8-9H2,1H3. The molecule has 0 amide bonds. The molecule has 0 radical (unpaired) electrons. The van der Waals surface area contributed by atoms with Gasteiger partial charge in [-0.05, 0) is 18.6 Å². The van der Waals surface area contributed by atoms with E-state index in [1.807, 2.05) is 30.3 Å². The fourth-order valence-corrected chi connectivity index (χ4v) is 1.50. The van der Waals surface area contributed by atoms with Gasteiger partial charge >= 0.3 is 12.0 Å². The Hall–Kier alpha value is -2.37. The highest BCUT2D eigenvalue weighted by atomic mass is 16.5. The molecule has 100 valence electrons. The first kappa shape index (κ1) is 13.1. The number of benzene rings is 1. The van der Waals surface area contributed by atoms with Crippen molar-refractivity contribution in [2.75, 3.05) is 13.7 Å². The van der Waals surface area contributed by atoms with Gasteiger partial charge in [-0.15, -0.1) is 5.10 Å². The number of ether oxygens (including phenoxy) is 2. The number of methoxy groups -OCH3 is 1. The lowest BCUT2D eigenvalue weighted by atomic mass is 10.3. The summed E-state index contributed by atoms with van der Waals surface area (Å²) in [5.74, 6) is -0.244. The number of hydrogen-bond acceptors (Lipinski definition) is 5. The number of rotatable bonds is 6. The monoisotopic (exact) mass is 261 g/mol. The van der Waals surface area contributed by atoms with E-state index >= 15 is 0 Å². The van der Waals surface area contributed by atoms with Gasteiger partial charge < -0.3 is 9.47 Å². The smallest absolute Gasteiger partial charge is 0.335 e. The maximum absolute atomic E-state index is 10.9. The number of carbonyl (C=O) groups is 1. The van der Waals surface area contributed by atoms with Gasteiger partial charge in [0.15, 0.2) is 0 Å². The van der Waals surface area contributed by atoms with Gasteiger partial charge in [-0.3, -0.25) is 4.79 Å². The molecular formula is C13H15N3O3. The summed E-state index contributed by atoms with van der Waals surface area (Å²) in [7, 11) is 1.37. The average Bonchev–Trinajstić information content (AvgIpc) is 2.93. The molecule has 0 saturated heterocycles. The van der Waals surface area contributed by atoms with Crippen molar-refractivity contribution >= 4 is 5.97 Å². The molecule has 2 rings (SSSR count). The molecule has 6 nitrogen and oxygen atoms in total. The second kappa shape index (κ2) is 6.53. The highest BCUT2D eigenvalue weighted by Gasteiger charge is 2.04. The molecule has 0 saturated carbocycles. The number of hydrogen-bond donors (Lipinski definition) is 0. The first-order valence-corrected chi connectivity index (χ1v) is 5.96. The quantitative estimate of drug-likeness (QED) is 0.583. The van der Waals surface area contributed by atoms with E-state index in [1.165, 1.54) is 7.11 Å². The van der Waals surface area contributed by atoms with Crippen molar-refractivity contribution < 1.29 is 14.3 Å². The van der Waals surface area contributed by atoms with Gasteiger partial charge in [-0.1, -0.05) is 18.2 Å². The Morgan fingerprint density at radius 3 is 2.84 bits per heavy atom. The topological polar surface area (TPSA) is 66.2 Å². The molecule has 0 unspecified atom stereocenters. The van der Waals surface area contributed by atoms with E-state index in [9.17, 15) is 4.79 Å². The van der Waals surface area contributed by atoms with Crippen LogP contribution in [-0.4, -0.2) is 34.5 Å². The zero-order valence-electron chi connectivity index (χ0n) is 10.7. The second-order valence-corrected chi connectivity index (χ2v) is 3.84. The van der Waals surface area contributed by atoms with Crippen LogP contribution in [0, 0.1) is 0 Å². The van der Waals surface area contributed by atoms with Crippen LogP contribution in [0.2, 0.25) is 0 Å². The molecule has 0 spiro atoms. The van der Waals surface area contributed by atoms with E-state index in [4.69, 9.17) is 4.74 Å². The van der Waals surface area contributed by atoms with Crippen LogP contribution in [0.3, 0.4) is 0 Å². The Bertz CT molecular complexity index is 525. The van der Waals surface area contributed by atoms with Gasteiger partial charge in [-0.2, -0.15) is 4.98 Å². The van der Waals surface area contributed by atoms with Gasteiger partial charge in [-0.25, -0.2) is 4.68 Å². The number of carbonyl (C=O) groups excluding carboxylic acids is 1. The highest BCUT2D eigenvalue weighted by Crippen LogP contribution is 2.08. The third kappa shape index (κ3) is 3.80. The first-order chi connectivity index (χ1) is 9.29. The van der Waals surface area contributed by atoms with Gasteiger partial charge in [0, 0.05) is 6.42 Å². The van der Waals surface area contributed by atoms with Gasteiger partial charge in [0.2, 0.25) is 0 Å². The molecule has 1 aromatic carbocycles. The largest absolute Gasteiger partial charge is 0.469 e. The Labute approximate surface area is 111 Å². The third-order valence-electron chi connectivity index (χ3n) is 2.48. The van der Waals surface area contributed by atoms with Crippen molar-refractivity contribution in [2.24, 2.45) is 0 Å². The Balaban J connectivity index is 1.83. The lowest BCUT2D eigenvalue weighted by molar-refractivity contribution is -0.140. The van der Waals surface area contributed by atoms with Crippen molar-refractivity contribution in [3.05, 3.63) is 36.7 Å². The molecule has 0 atom stereocenters. The summed E-state index contributed by atoms with van der Waals surface area (Å²) < 4.78 is 11.5. The van der Waals surface area contributed by atoms with E-state index in [-0.39, 0.29) is 5.97 Å². The van der Waals surface area contributed by atoms with Crippen LogP contribution in [-0.2, 0) is 9.53 Å². The molecule has 0 aliphatic carbocycles. The maximum atomic E-state index is 10.9. The van der Waals surface area contributed by atoms with Crippen LogP contribution < -0.4 is 4.74 Å². The summed E-state index contributed by atoms with van der Waals surface area (Å²) >= 11 is 0. The molecule has 0 aliphatic heterocycles. The van der Waals surface area contributed by atoms with Crippen molar-refractivity contribution in [1.82, 2.24) is 14.8 Å². The van der Waals surface area contributed by atoms with Crippen LogP contribution in [0.5, 0.6) is 6.01 Å². The number of para-hydroxylation sites is 1.